The number of amides is 1. The number of H-pyrrole nitrogens is 1. The van der Waals surface area contributed by atoms with Crippen LogP contribution in [0.2, 0.25) is 0 Å². The van der Waals surface area contributed by atoms with Gasteiger partial charge in [0.2, 0.25) is 5.91 Å². The van der Waals surface area contributed by atoms with E-state index in [4.69, 9.17) is 18.9 Å². The van der Waals surface area contributed by atoms with E-state index in [1.807, 2.05) is 53.2 Å². The minimum absolute atomic E-state index is 0.104. The zero-order valence-electron chi connectivity index (χ0n) is 21.3. The molecule has 39 heavy (non-hydrogen) atoms. The molecule has 1 aliphatic heterocycles. The van der Waals surface area contributed by atoms with Crippen molar-refractivity contribution in [2.75, 3.05) is 38.5 Å². The van der Waals surface area contributed by atoms with Crippen molar-refractivity contribution in [3.8, 4) is 40.1 Å². The van der Waals surface area contributed by atoms with Gasteiger partial charge in [-0.25, -0.2) is 0 Å². The van der Waals surface area contributed by atoms with E-state index in [1.165, 1.54) is 11.8 Å². The molecule has 1 aliphatic rings. The lowest BCUT2D eigenvalue weighted by molar-refractivity contribution is -0.113. The highest BCUT2D eigenvalue weighted by Crippen LogP contribution is 2.37. The number of carbonyl (C=O) groups is 1. The molecule has 0 aliphatic carbocycles. The molecule has 0 spiro atoms. The average molecular weight is 544 g/mol. The molecule has 3 heterocycles. The molecular formula is C28H25N5O5S. The van der Waals surface area contributed by atoms with E-state index >= 15 is 0 Å². The summed E-state index contributed by atoms with van der Waals surface area (Å²) in [6.07, 6.45) is 1.90. The van der Waals surface area contributed by atoms with Gasteiger partial charge in [0.15, 0.2) is 22.5 Å². The zero-order chi connectivity index (χ0) is 26.8. The quantitative estimate of drug-likeness (QED) is 0.265. The van der Waals surface area contributed by atoms with Gasteiger partial charge < -0.3 is 29.2 Å². The molecule has 10 nitrogen and oxygen atoms in total. The second-order valence-electron chi connectivity index (χ2n) is 8.62. The molecule has 2 N–H and O–H groups in total. The Morgan fingerprint density at radius 1 is 1.03 bits per heavy atom. The Bertz CT molecular complexity index is 1660. The van der Waals surface area contributed by atoms with Crippen molar-refractivity contribution in [1.29, 1.82) is 0 Å². The van der Waals surface area contributed by atoms with Crippen molar-refractivity contribution in [2.24, 2.45) is 0 Å². The summed E-state index contributed by atoms with van der Waals surface area (Å²) in [4.78, 5) is 16.2. The zero-order valence-corrected chi connectivity index (χ0v) is 22.1. The van der Waals surface area contributed by atoms with Crippen LogP contribution in [-0.2, 0) is 4.79 Å². The molecule has 198 valence electrons. The summed E-state index contributed by atoms with van der Waals surface area (Å²) in [5, 5.41) is 13.5. The molecule has 0 unspecified atom stereocenters. The van der Waals surface area contributed by atoms with Crippen LogP contribution < -0.4 is 24.3 Å². The van der Waals surface area contributed by atoms with Crippen LogP contribution in [-0.4, -0.2) is 58.8 Å². The normalized spacial score (nSPS) is 12.4. The third-order valence-electron chi connectivity index (χ3n) is 6.25. The number of nitrogens with zero attached hydrogens (tertiary/aromatic N) is 3. The van der Waals surface area contributed by atoms with Crippen LogP contribution in [0.1, 0.15) is 0 Å². The number of carbonyl (C=O) groups excluding carboxylic acids is 1. The maximum absolute atomic E-state index is 12.9. The van der Waals surface area contributed by atoms with E-state index in [0.717, 1.165) is 16.5 Å². The smallest absolute Gasteiger partial charge is 0.234 e. The SMILES string of the molecule is COc1ccc(OC)c(-n2c(SCC(=O)Nc3ccc4c(c3)OCCO4)nnc2-c2c[nH]c3ccccc23)c1. The summed E-state index contributed by atoms with van der Waals surface area (Å²) in [5.41, 5.74) is 3.17. The first-order valence-corrected chi connectivity index (χ1v) is 13.2. The predicted octanol–water partition coefficient (Wildman–Crippen LogP) is 4.93. The number of rotatable bonds is 8. The van der Waals surface area contributed by atoms with Gasteiger partial charge in [-0.15, -0.1) is 10.2 Å². The Morgan fingerprint density at radius 3 is 2.72 bits per heavy atom. The molecule has 6 rings (SSSR count). The fourth-order valence-corrected chi connectivity index (χ4v) is 5.18. The molecule has 0 atom stereocenters. The molecule has 0 bridgehead atoms. The van der Waals surface area contributed by atoms with Gasteiger partial charge in [0.1, 0.15) is 24.7 Å². The Morgan fingerprint density at radius 2 is 1.87 bits per heavy atom. The third kappa shape index (κ3) is 4.84. The minimum atomic E-state index is -0.197. The molecule has 5 aromatic rings. The average Bonchev–Trinajstić information content (AvgIpc) is 3.59. The lowest BCUT2D eigenvalue weighted by Crippen LogP contribution is -2.17. The van der Waals surface area contributed by atoms with Gasteiger partial charge in [-0.05, 0) is 30.3 Å². The fraction of sp³-hybridized carbons (Fsp3) is 0.179. The fourth-order valence-electron chi connectivity index (χ4n) is 4.43. The molecule has 3 aromatic carbocycles. The lowest BCUT2D eigenvalue weighted by Gasteiger charge is -2.19. The largest absolute Gasteiger partial charge is 0.497 e. The highest BCUT2D eigenvalue weighted by atomic mass is 32.2. The molecule has 0 saturated heterocycles. The molecule has 0 fully saturated rings. The number of fused-ring (bicyclic) bond motifs is 2. The summed E-state index contributed by atoms with van der Waals surface area (Å²) in [6, 6.07) is 18.8. The number of para-hydroxylation sites is 1. The molecule has 11 heteroatoms. The number of methoxy groups -OCH3 is 2. The molecule has 0 saturated carbocycles. The van der Waals surface area contributed by atoms with Gasteiger partial charge in [-0.3, -0.25) is 9.36 Å². The van der Waals surface area contributed by atoms with Gasteiger partial charge in [0, 0.05) is 40.5 Å². The number of thioether (sulfide) groups is 1. The van der Waals surface area contributed by atoms with E-state index < -0.39 is 0 Å². The van der Waals surface area contributed by atoms with Crippen LogP contribution in [0.4, 0.5) is 5.69 Å². The first kappa shape index (κ1) is 24.7. The van der Waals surface area contributed by atoms with Crippen molar-refractivity contribution in [2.45, 2.75) is 5.16 Å². The topological polar surface area (TPSA) is 113 Å². The van der Waals surface area contributed by atoms with Gasteiger partial charge in [-0.1, -0.05) is 30.0 Å². The maximum atomic E-state index is 12.9. The van der Waals surface area contributed by atoms with Crippen LogP contribution in [0.25, 0.3) is 28.0 Å². The molecule has 2 aromatic heterocycles. The van der Waals surface area contributed by atoms with Crippen LogP contribution in [0.3, 0.4) is 0 Å². The first-order chi connectivity index (χ1) is 19.1. The molecule has 1 amide bonds. The van der Waals surface area contributed by atoms with Gasteiger partial charge in [-0.2, -0.15) is 0 Å². The van der Waals surface area contributed by atoms with Gasteiger partial charge >= 0.3 is 0 Å². The van der Waals surface area contributed by atoms with Crippen LogP contribution >= 0.6 is 11.8 Å². The lowest BCUT2D eigenvalue weighted by atomic mass is 10.1. The van der Waals surface area contributed by atoms with E-state index in [0.29, 0.717) is 58.6 Å². The van der Waals surface area contributed by atoms with Crippen LogP contribution in [0.15, 0.2) is 72.0 Å². The minimum Gasteiger partial charge on any atom is -0.497 e. The summed E-state index contributed by atoms with van der Waals surface area (Å²) >= 11 is 1.27. The Labute approximate surface area is 228 Å². The third-order valence-corrected chi connectivity index (χ3v) is 7.18. The Hall–Kier alpha value is -4.64. The van der Waals surface area contributed by atoms with Crippen molar-refractivity contribution >= 4 is 34.3 Å². The van der Waals surface area contributed by atoms with Crippen molar-refractivity contribution in [3.63, 3.8) is 0 Å². The highest BCUT2D eigenvalue weighted by molar-refractivity contribution is 7.99. The highest BCUT2D eigenvalue weighted by Gasteiger charge is 2.23. The standard InChI is InChI=1S/C28H25N5O5S/c1-35-18-8-10-23(36-2)22(14-18)33-27(20-15-29-21-6-4-3-5-19(20)21)31-32-28(33)39-16-26(34)30-17-7-9-24-25(13-17)38-12-11-37-24/h3-10,13-15,29H,11-12,16H2,1-2H3,(H,30,34). The molecular weight excluding hydrogens is 518 g/mol. The second-order valence-corrected chi connectivity index (χ2v) is 9.57. The van der Waals surface area contributed by atoms with Gasteiger partial charge in [0.05, 0.1) is 25.7 Å². The number of aromatic amines is 1. The first-order valence-electron chi connectivity index (χ1n) is 12.2. The number of hydrogen-bond donors (Lipinski definition) is 2. The number of ether oxygens (including phenoxy) is 4. The van der Waals surface area contributed by atoms with Gasteiger partial charge in [0.25, 0.3) is 0 Å². The number of nitrogens with one attached hydrogen (secondary N) is 2. The summed E-state index contributed by atoms with van der Waals surface area (Å²) in [6.45, 7) is 0.983. The summed E-state index contributed by atoms with van der Waals surface area (Å²) in [5.74, 6) is 3.05. The maximum Gasteiger partial charge on any atom is 0.234 e. The monoisotopic (exact) mass is 543 g/mol. The van der Waals surface area contributed by atoms with E-state index in [1.54, 1.807) is 32.4 Å². The summed E-state index contributed by atoms with van der Waals surface area (Å²) < 4.78 is 24.2. The second kappa shape index (κ2) is 10.6. The van der Waals surface area contributed by atoms with Crippen LogP contribution in [0, 0.1) is 0 Å². The van der Waals surface area contributed by atoms with E-state index in [-0.39, 0.29) is 11.7 Å². The van der Waals surface area contributed by atoms with E-state index in [9.17, 15) is 4.79 Å². The van der Waals surface area contributed by atoms with Crippen molar-refractivity contribution < 1.29 is 23.7 Å². The number of hydrogen-bond acceptors (Lipinski definition) is 8. The number of benzene rings is 3. The van der Waals surface area contributed by atoms with Crippen LogP contribution in [0.5, 0.6) is 23.0 Å². The Balaban J connectivity index is 1.33. The van der Waals surface area contributed by atoms with Crippen molar-refractivity contribution in [3.05, 3.63) is 66.9 Å². The predicted molar refractivity (Wildman–Crippen MR) is 149 cm³/mol. The van der Waals surface area contributed by atoms with Crippen molar-refractivity contribution in [1.82, 2.24) is 19.7 Å². The number of anilines is 1. The number of aromatic nitrogens is 4. The van der Waals surface area contributed by atoms with E-state index in [2.05, 4.69) is 20.5 Å². The summed E-state index contributed by atoms with van der Waals surface area (Å²) in [7, 11) is 3.21. The molecule has 0 radical (unpaired) electrons. The Kier molecular flexibility index (Phi) is 6.72.